The molecule has 0 saturated carbocycles. The summed E-state index contributed by atoms with van der Waals surface area (Å²) in [7, 11) is 0. The second-order valence-corrected chi connectivity index (χ2v) is 5.40. The smallest absolute Gasteiger partial charge is 0.0275 e. The Hall–Kier alpha value is -0.0800. The van der Waals surface area contributed by atoms with Crippen LogP contribution in [0.25, 0.3) is 0 Å². The monoisotopic (exact) mass is 198 g/mol. The van der Waals surface area contributed by atoms with Crippen LogP contribution in [0.15, 0.2) is 0 Å². The van der Waals surface area contributed by atoms with Crippen LogP contribution < -0.4 is 5.73 Å². The molecule has 14 heavy (non-hydrogen) atoms. The second-order valence-electron chi connectivity index (χ2n) is 5.40. The van der Waals surface area contributed by atoms with Gasteiger partial charge in [0.05, 0.1) is 0 Å². The standard InChI is InChI=1S/C12H26N2/c1-5-12(6-2)7-8-14(10-12)11(3,4)9-13/h5-10,13H2,1-4H3. The summed E-state index contributed by atoms with van der Waals surface area (Å²) >= 11 is 0. The molecule has 1 saturated heterocycles. The highest BCUT2D eigenvalue weighted by atomic mass is 15.2. The SMILES string of the molecule is CCC1(CC)CCN(C(C)(C)CN)C1. The first-order chi connectivity index (χ1) is 6.49. The Kier molecular flexibility index (Phi) is 3.59. The number of likely N-dealkylation sites (tertiary alicyclic amines) is 1. The van der Waals surface area contributed by atoms with Gasteiger partial charge < -0.3 is 5.73 Å². The highest BCUT2D eigenvalue weighted by Gasteiger charge is 2.39. The van der Waals surface area contributed by atoms with E-state index in [9.17, 15) is 0 Å². The normalized spacial score (nSPS) is 22.9. The van der Waals surface area contributed by atoms with Crippen LogP contribution >= 0.6 is 0 Å². The summed E-state index contributed by atoms with van der Waals surface area (Å²) in [6, 6.07) is 0. The molecular weight excluding hydrogens is 172 g/mol. The average Bonchev–Trinajstić information content (AvgIpc) is 2.63. The molecule has 2 nitrogen and oxygen atoms in total. The van der Waals surface area contributed by atoms with Gasteiger partial charge in [0.2, 0.25) is 0 Å². The van der Waals surface area contributed by atoms with E-state index in [1.54, 1.807) is 0 Å². The van der Waals surface area contributed by atoms with Gasteiger partial charge in [-0.3, -0.25) is 4.90 Å². The van der Waals surface area contributed by atoms with E-state index in [1.165, 1.54) is 32.4 Å². The maximum atomic E-state index is 5.82. The number of nitrogens with zero attached hydrogens (tertiary/aromatic N) is 1. The highest BCUT2D eigenvalue weighted by Crippen LogP contribution is 2.39. The van der Waals surface area contributed by atoms with Crippen LogP contribution in [0.3, 0.4) is 0 Å². The Labute approximate surface area is 88.8 Å². The molecule has 0 aromatic carbocycles. The zero-order chi connectivity index (χ0) is 10.8. The number of nitrogens with two attached hydrogens (primary N) is 1. The number of rotatable bonds is 4. The van der Waals surface area contributed by atoms with Crippen molar-refractivity contribution in [2.45, 2.75) is 52.5 Å². The minimum Gasteiger partial charge on any atom is -0.329 e. The van der Waals surface area contributed by atoms with Crippen LogP contribution in [0.2, 0.25) is 0 Å². The van der Waals surface area contributed by atoms with Crippen molar-refractivity contribution < 1.29 is 0 Å². The Bertz CT molecular complexity index is 183. The van der Waals surface area contributed by atoms with Gasteiger partial charge in [-0.05, 0) is 45.1 Å². The molecule has 1 rings (SSSR count). The minimum atomic E-state index is 0.187. The fourth-order valence-electron chi connectivity index (χ4n) is 2.41. The van der Waals surface area contributed by atoms with E-state index < -0.39 is 0 Å². The number of hydrogen-bond donors (Lipinski definition) is 1. The maximum absolute atomic E-state index is 5.82. The summed E-state index contributed by atoms with van der Waals surface area (Å²) in [6.07, 6.45) is 3.96. The lowest BCUT2D eigenvalue weighted by Crippen LogP contribution is -2.48. The summed E-state index contributed by atoms with van der Waals surface area (Å²) in [4.78, 5) is 2.57. The maximum Gasteiger partial charge on any atom is 0.0275 e. The molecule has 1 heterocycles. The fourth-order valence-corrected chi connectivity index (χ4v) is 2.41. The van der Waals surface area contributed by atoms with Gasteiger partial charge in [0.1, 0.15) is 0 Å². The van der Waals surface area contributed by atoms with Crippen LogP contribution in [0.4, 0.5) is 0 Å². The second kappa shape index (κ2) is 4.19. The van der Waals surface area contributed by atoms with Crippen molar-refractivity contribution in [1.82, 2.24) is 4.90 Å². The lowest BCUT2D eigenvalue weighted by molar-refractivity contribution is 0.135. The predicted molar refractivity (Wildman–Crippen MR) is 62.3 cm³/mol. The third-order valence-corrected chi connectivity index (χ3v) is 4.29. The van der Waals surface area contributed by atoms with Crippen molar-refractivity contribution in [2.24, 2.45) is 11.1 Å². The van der Waals surface area contributed by atoms with E-state index in [-0.39, 0.29) is 5.54 Å². The van der Waals surface area contributed by atoms with Crippen LogP contribution in [0, 0.1) is 5.41 Å². The third kappa shape index (κ3) is 2.12. The van der Waals surface area contributed by atoms with E-state index in [4.69, 9.17) is 5.73 Å². The highest BCUT2D eigenvalue weighted by molar-refractivity contribution is 4.94. The molecule has 1 aliphatic rings. The van der Waals surface area contributed by atoms with Crippen LogP contribution in [0.5, 0.6) is 0 Å². The van der Waals surface area contributed by atoms with Crippen LogP contribution in [0.1, 0.15) is 47.0 Å². The molecule has 0 aromatic rings. The quantitative estimate of drug-likeness (QED) is 0.750. The minimum absolute atomic E-state index is 0.187. The topological polar surface area (TPSA) is 29.3 Å². The molecule has 0 atom stereocenters. The zero-order valence-corrected chi connectivity index (χ0v) is 10.3. The molecular formula is C12H26N2. The van der Waals surface area contributed by atoms with Gasteiger partial charge in [-0.1, -0.05) is 13.8 Å². The Morgan fingerprint density at radius 3 is 2.21 bits per heavy atom. The van der Waals surface area contributed by atoms with E-state index in [1.807, 2.05) is 0 Å². The first-order valence-electron chi connectivity index (χ1n) is 5.95. The largest absolute Gasteiger partial charge is 0.329 e. The van der Waals surface area contributed by atoms with Gasteiger partial charge in [0, 0.05) is 18.6 Å². The van der Waals surface area contributed by atoms with Crippen molar-refractivity contribution in [2.75, 3.05) is 19.6 Å². The van der Waals surface area contributed by atoms with E-state index in [2.05, 4.69) is 32.6 Å². The Balaban J connectivity index is 2.64. The molecule has 0 amide bonds. The first kappa shape index (κ1) is 12.0. The molecule has 0 aliphatic carbocycles. The van der Waals surface area contributed by atoms with Crippen molar-refractivity contribution in [3.05, 3.63) is 0 Å². The van der Waals surface area contributed by atoms with Crippen LogP contribution in [-0.4, -0.2) is 30.1 Å². The van der Waals surface area contributed by atoms with Crippen molar-refractivity contribution in [3.8, 4) is 0 Å². The summed E-state index contributed by atoms with van der Waals surface area (Å²) in [5, 5.41) is 0. The zero-order valence-electron chi connectivity index (χ0n) is 10.3. The Morgan fingerprint density at radius 1 is 1.29 bits per heavy atom. The van der Waals surface area contributed by atoms with E-state index in [0.29, 0.717) is 5.41 Å². The molecule has 84 valence electrons. The molecule has 2 heteroatoms. The third-order valence-electron chi connectivity index (χ3n) is 4.29. The lowest BCUT2D eigenvalue weighted by atomic mass is 9.82. The molecule has 0 spiro atoms. The lowest BCUT2D eigenvalue weighted by Gasteiger charge is -2.36. The molecule has 0 aromatic heterocycles. The summed E-state index contributed by atoms with van der Waals surface area (Å²) in [5.41, 5.74) is 6.58. The van der Waals surface area contributed by atoms with Gasteiger partial charge in [-0.15, -0.1) is 0 Å². The number of hydrogen-bond acceptors (Lipinski definition) is 2. The molecule has 1 aliphatic heterocycles. The molecule has 0 unspecified atom stereocenters. The van der Waals surface area contributed by atoms with Crippen molar-refractivity contribution >= 4 is 0 Å². The van der Waals surface area contributed by atoms with Gasteiger partial charge in [-0.2, -0.15) is 0 Å². The van der Waals surface area contributed by atoms with Gasteiger partial charge >= 0.3 is 0 Å². The van der Waals surface area contributed by atoms with E-state index in [0.717, 1.165) is 6.54 Å². The first-order valence-corrected chi connectivity index (χ1v) is 5.95. The molecule has 2 N–H and O–H groups in total. The fraction of sp³-hybridized carbons (Fsp3) is 1.00. The van der Waals surface area contributed by atoms with Gasteiger partial charge in [-0.25, -0.2) is 0 Å². The molecule has 0 bridgehead atoms. The summed E-state index contributed by atoms with van der Waals surface area (Å²) in [5.74, 6) is 0. The molecule has 1 fully saturated rings. The average molecular weight is 198 g/mol. The van der Waals surface area contributed by atoms with Crippen molar-refractivity contribution in [1.29, 1.82) is 0 Å². The van der Waals surface area contributed by atoms with Crippen molar-refractivity contribution in [3.63, 3.8) is 0 Å². The van der Waals surface area contributed by atoms with Gasteiger partial charge in [0.15, 0.2) is 0 Å². The van der Waals surface area contributed by atoms with Crippen LogP contribution in [-0.2, 0) is 0 Å². The Morgan fingerprint density at radius 2 is 1.86 bits per heavy atom. The van der Waals surface area contributed by atoms with Gasteiger partial charge in [0.25, 0.3) is 0 Å². The van der Waals surface area contributed by atoms with E-state index >= 15 is 0 Å². The predicted octanol–water partition coefficient (Wildman–Crippen LogP) is 2.24. The summed E-state index contributed by atoms with van der Waals surface area (Å²) in [6.45, 7) is 12.4. The molecule has 0 radical (unpaired) electrons. The summed E-state index contributed by atoms with van der Waals surface area (Å²) < 4.78 is 0.